The molecule has 0 spiro atoms. The molecule has 1 aromatic carbocycles. The number of rotatable bonds is 8. The Balaban J connectivity index is 3.20. The quantitative estimate of drug-likeness (QED) is 0.613. The second-order valence-electron chi connectivity index (χ2n) is 6.81. The second kappa shape index (κ2) is 9.23. The zero-order valence-corrected chi connectivity index (χ0v) is 16.7. The lowest BCUT2D eigenvalue weighted by molar-refractivity contribution is -0.376. The lowest BCUT2D eigenvalue weighted by atomic mass is 9.89. The van der Waals surface area contributed by atoms with Gasteiger partial charge in [0.15, 0.2) is 6.61 Å². The van der Waals surface area contributed by atoms with Crippen molar-refractivity contribution >= 4 is 5.91 Å². The number of aliphatic hydroxyl groups is 1. The van der Waals surface area contributed by atoms with Gasteiger partial charge in [0.25, 0.3) is 11.5 Å². The van der Waals surface area contributed by atoms with Crippen LogP contribution >= 0.6 is 0 Å². The molecule has 0 unspecified atom stereocenters. The SMILES string of the molecule is CCCN(CCC)C(=O)COc1c(C)cc(C(O)(C(F)(F)F)C(F)(F)F)cc1C. The first-order valence-corrected chi connectivity index (χ1v) is 9.08. The minimum Gasteiger partial charge on any atom is -0.483 e. The van der Waals surface area contributed by atoms with Crippen molar-refractivity contribution in [2.45, 2.75) is 58.5 Å². The first-order valence-electron chi connectivity index (χ1n) is 9.08. The summed E-state index contributed by atoms with van der Waals surface area (Å²) in [5.74, 6) is -0.333. The molecule has 29 heavy (non-hydrogen) atoms. The van der Waals surface area contributed by atoms with Crippen molar-refractivity contribution in [3.63, 3.8) is 0 Å². The van der Waals surface area contributed by atoms with E-state index in [0.717, 1.165) is 12.8 Å². The average molecular weight is 429 g/mol. The Morgan fingerprint density at radius 1 is 0.966 bits per heavy atom. The number of halogens is 6. The van der Waals surface area contributed by atoms with Crippen molar-refractivity contribution in [3.05, 3.63) is 28.8 Å². The summed E-state index contributed by atoms with van der Waals surface area (Å²) in [5, 5.41) is 9.55. The highest BCUT2D eigenvalue weighted by Crippen LogP contribution is 2.50. The molecule has 0 aliphatic carbocycles. The number of alkyl halides is 6. The molecular formula is C19H25F6NO3. The van der Waals surface area contributed by atoms with Crippen LogP contribution in [0.15, 0.2) is 12.1 Å². The molecule has 0 aliphatic rings. The van der Waals surface area contributed by atoms with Gasteiger partial charge in [-0.15, -0.1) is 0 Å². The summed E-state index contributed by atoms with van der Waals surface area (Å²) >= 11 is 0. The Morgan fingerprint density at radius 2 is 1.38 bits per heavy atom. The molecule has 0 saturated heterocycles. The van der Waals surface area contributed by atoms with Gasteiger partial charge in [-0.3, -0.25) is 4.79 Å². The number of carbonyl (C=O) groups excluding carboxylic acids is 1. The van der Waals surface area contributed by atoms with Crippen LogP contribution < -0.4 is 4.74 Å². The van der Waals surface area contributed by atoms with Gasteiger partial charge in [0.05, 0.1) is 0 Å². The Kier molecular flexibility index (Phi) is 7.98. The van der Waals surface area contributed by atoms with Gasteiger partial charge in [-0.2, -0.15) is 26.3 Å². The van der Waals surface area contributed by atoms with Crippen molar-refractivity contribution in [1.82, 2.24) is 4.90 Å². The van der Waals surface area contributed by atoms with Gasteiger partial charge in [0, 0.05) is 18.7 Å². The highest BCUT2D eigenvalue weighted by Gasteiger charge is 2.71. The maximum absolute atomic E-state index is 13.1. The van der Waals surface area contributed by atoms with E-state index in [1.165, 1.54) is 13.8 Å². The molecule has 0 aromatic heterocycles. The Bertz CT molecular complexity index is 672. The predicted octanol–water partition coefficient (Wildman–Crippen LogP) is 4.64. The van der Waals surface area contributed by atoms with E-state index >= 15 is 0 Å². The molecule has 0 bridgehead atoms. The molecule has 0 aliphatic heterocycles. The molecule has 1 rings (SSSR count). The molecule has 1 amide bonds. The summed E-state index contributed by atoms with van der Waals surface area (Å²) in [4.78, 5) is 13.8. The number of carbonyl (C=O) groups is 1. The van der Waals surface area contributed by atoms with Crippen LogP contribution in [0.3, 0.4) is 0 Å². The van der Waals surface area contributed by atoms with E-state index in [4.69, 9.17) is 4.74 Å². The van der Waals surface area contributed by atoms with E-state index in [1.807, 2.05) is 13.8 Å². The normalized spacial score (nSPS) is 12.8. The number of benzene rings is 1. The van der Waals surface area contributed by atoms with Gasteiger partial charge in [-0.05, 0) is 49.9 Å². The third kappa shape index (κ3) is 5.34. The number of nitrogens with zero attached hydrogens (tertiary/aromatic N) is 1. The Labute approximate surface area is 165 Å². The maximum atomic E-state index is 13.1. The van der Waals surface area contributed by atoms with Gasteiger partial charge < -0.3 is 14.7 Å². The third-order valence-corrected chi connectivity index (χ3v) is 4.38. The van der Waals surface area contributed by atoms with E-state index in [2.05, 4.69) is 0 Å². The first-order chi connectivity index (χ1) is 13.2. The van der Waals surface area contributed by atoms with E-state index in [1.54, 1.807) is 4.90 Å². The highest BCUT2D eigenvalue weighted by molar-refractivity contribution is 5.77. The molecule has 0 atom stereocenters. The summed E-state index contributed by atoms with van der Waals surface area (Å²) in [6.45, 7) is 6.91. The van der Waals surface area contributed by atoms with Crippen molar-refractivity contribution in [2.75, 3.05) is 19.7 Å². The second-order valence-corrected chi connectivity index (χ2v) is 6.81. The van der Waals surface area contributed by atoms with Crippen molar-refractivity contribution in [1.29, 1.82) is 0 Å². The zero-order valence-electron chi connectivity index (χ0n) is 16.7. The summed E-state index contributed by atoms with van der Waals surface area (Å²) in [7, 11) is 0. The minimum absolute atomic E-state index is 0.00162. The van der Waals surface area contributed by atoms with Gasteiger partial charge in [-0.25, -0.2) is 0 Å². The largest absolute Gasteiger partial charge is 0.483 e. The van der Waals surface area contributed by atoms with Gasteiger partial charge in [-0.1, -0.05) is 13.8 Å². The minimum atomic E-state index is -5.97. The standard InChI is InChI=1S/C19H25F6NO3/c1-5-7-26(8-6-2)15(27)11-29-16-12(3)9-14(10-13(16)4)17(28,18(20,21)22)19(23,24)25/h9-10,28H,5-8,11H2,1-4H3. The van der Waals surface area contributed by atoms with Crippen LogP contribution in [0.1, 0.15) is 43.4 Å². The van der Waals surface area contributed by atoms with Crippen LogP contribution in [0.4, 0.5) is 26.3 Å². The molecule has 0 heterocycles. The van der Waals surface area contributed by atoms with Gasteiger partial charge in [0.2, 0.25) is 0 Å². The molecule has 10 heteroatoms. The average Bonchev–Trinajstić information content (AvgIpc) is 2.57. The molecule has 1 N–H and O–H groups in total. The fraction of sp³-hybridized carbons (Fsp3) is 0.632. The highest BCUT2D eigenvalue weighted by atomic mass is 19.4. The lowest BCUT2D eigenvalue weighted by Crippen LogP contribution is -2.54. The molecule has 0 radical (unpaired) electrons. The number of aryl methyl sites for hydroxylation is 2. The Morgan fingerprint density at radius 3 is 1.72 bits per heavy atom. The lowest BCUT2D eigenvalue weighted by Gasteiger charge is -2.33. The summed E-state index contributed by atoms with van der Waals surface area (Å²) in [6.07, 6.45) is -10.5. The summed E-state index contributed by atoms with van der Waals surface area (Å²) in [6, 6.07) is 1.15. The number of amides is 1. The van der Waals surface area contributed by atoms with Gasteiger partial charge >= 0.3 is 12.4 Å². The number of ether oxygens (including phenoxy) is 1. The van der Waals surface area contributed by atoms with E-state index in [0.29, 0.717) is 25.2 Å². The van der Waals surface area contributed by atoms with Crippen molar-refractivity contribution in [3.8, 4) is 5.75 Å². The van der Waals surface area contributed by atoms with E-state index in [9.17, 15) is 36.2 Å². The number of hydrogen-bond donors (Lipinski definition) is 1. The predicted molar refractivity (Wildman–Crippen MR) is 94.6 cm³/mol. The smallest absolute Gasteiger partial charge is 0.430 e. The summed E-state index contributed by atoms with van der Waals surface area (Å²) < 4.78 is 83.9. The first kappa shape index (κ1) is 25.1. The number of hydrogen-bond acceptors (Lipinski definition) is 3. The molecule has 166 valence electrons. The third-order valence-electron chi connectivity index (χ3n) is 4.38. The molecule has 4 nitrogen and oxygen atoms in total. The van der Waals surface area contributed by atoms with Crippen LogP contribution in [0.5, 0.6) is 5.75 Å². The zero-order chi connectivity index (χ0) is 22.6. The monoisotopic (exact) mass is 429 g/mol. The maximum Gasteiger partial charge on any atom is 0.430 e. The van der Waals surface area contributed by atoms with Crippen molar-refractivity contribution in [2.24, 2.45) is 0 Å². The van der Waals surface area contributed by atoms with Gasteiger partial charge in [0.1, 0.15) is 5.75 Å². The fourth-order valence-corrected chi connectivity index (χ4v) is 3.00. The van der Waals surface area contributed by atoms with Crippen molar-refractivity contribution < 1.29 is 41.0 Å². The van der Waals surface area contributed by atoms with Crippen LogP contribution in [0.25, 0.3) is 0 Å². The van der Waals surface area contributed by atoms with E-state index in [-0.39, 0.29) is 22.8 Å². The fourth-order valence-electron chi connectivity index (χ4n) is 3.00. The van der Waals surface area contributed by atoms with Crippen LogP contribution in [0, 0.1) is 13.8 Å². The van der Waals surface area contributed by atoms with Crippen LogP contribution in [0.2, 0.25) is 0 Å². The van der Waals surface area contributed by atoms with Crippen LogP contribution in [-0.2, 0) is 10.4 Å². The molecule has 0 saturated carbocycles. The Hall–Kier alpha value is -1.97. The molecule has 0 fully saturated rings. The molecule has 1 aromatic rings. The summed E-state index contributed by atoms with van der Waals surface area (Å²) in [5.41, 5.74) is -6.48. The topological polar surface area (TPSA) is 49.8 Å². The van der Waals surface area contributed by atoms with Crippen LogP contribution in [-0.4, -0.2) is 48.0 Å². The van der Waals surface area contributed by atoms with E-state index < -0.39 is 30.1 Å². The molecular weight excluding hydrogens is 404 g/mol.